The van der Waals surface area contributed by atoms with E-state index in [1.165, 1.54) is 5.56 Å². The normalized spacial score (nSPS) is 10.4. The monoisotopic (exact) mass is 265 g/mol. The molecule has 4 N–H and O–H groups in total. The summed E-state index contributed by atoms with van der Waals surface area (Å²) in [6.45, 7) is 2.05. The highest BCUT2D eigenvalue weighted by molar-refractivity contribution is 5.62. The van der Waals surface area contributed by atoms with Gasteiger partial charge in [-0.25, -0.2) is 0 Å². The molecular formula is C15H15N5. The highest BCUT2D eigenvalue weighted by Crippen LogP contribution is 2.20. The lowest BCUT2D eigenvalue weighted by atomic mass is 10.1. The Morgan fingerprint density at radius 1 is 1.10 bits per heavy atom. The van der Waals surface area contributed by atoms with Crippen molar-refractivity contribution in [2.24, 2.45) is 0 Å². The average molecular weight is 265 g/mol. The van der Waals surface area contributed by atoms with E-state index in [2.05, 4.69) is 26.6 Å². The lowest BCUT2D eigenvalue weighted by Crippen LogP contribution is -1.93. The van der Waals surface area contributed by atoms with Crippen LogP contribution >= 0.6 is 0 Å². The fourth-order valence-electron chi connectivity index (χ4n) is 1.98. The number of nitrogens with two attached hydrogens (primary N) is 1. The quantitative estimate of drug-likeness (QED) is 0.636. The van der Waals surface area contributed by atoms with Crippen LogP contribution in [0.15, 0.2) is 48.5 Å². The molecule has 20 heavy (non-hydrogen) atoms. The summed E-state index contributed by atoms with van der Waals surface area (Å²) in [4.78, 5) is 4.43. The number of hydrogen-bond acceptors (Lipinski definition) is 4. The lowest BCUT2D eigenvalue weighted by Gasteiger charge is -2.01. The van der Waals surface area contributed by atoms with Crippen molar-refractivity contribution in [1.29, 1.82) is 0 Å². The number of hydrogen-bond donors (Lipinski definition) is 3. The maximum Gasteiger partial charge on any atom is 0.246 e. The predicted octanol–water partition coefficient (Wildman–Crippen LogP) is 3.11. The first-order valence-corrected chi connectivity index (χ1v) is 6.33. The van der Waals surface area contributed by atoms with Crippen LogP contribution in [0.2, 0.25) is 0 Å². The van der Waals surface area contributed by atoms with E-state index in [0.717, 1.165) is 17.1 Å². The zero-order chi connectivity index (χ0) is 13.9. The van der Waals surface area contributed by atoms with E-state index in [-0.39, 0.29) is 0 Å². The number of benzene rings is 2. The van der Waals surface area contributed by atoms with Crippen molar-refractivity contribution in [2.75, 3.05) is 11.1 Å². The molecule has 0 bridgehead atoms. The standard InChI is InChI=1S/C15H15N5/c1-10-4-2-5-11(8-10)14-18-15(20-19-14)17-13-7-3-6-12(16)9-13/h2-9H,16H2,1H3,(H2,17,18,19,20). The molecule has 1 aromatic heterocycles. The molecule has 0 unspecified atom stereocenters. The first-order valence-electron chi connectivity index (χ1n) is 6.33. The Morgan fingerprint density at radius 3 is 2.75 bits per heavy atom. The molecule has 0 aliphatic heterocycles. The molecule has 0 aliphatic carbocycles. The minimum absolute atomic E-state index is 0.520. The summed E-state index contributed by atoms with van der Waals surface area (Å²) in [5.74, 6) is 1.26. The Balaban J connectivity index is 1.84. The van der Waals surface area contributed by atoms with Gasteiger partial charge in [-0.3, -0.25) is 5.10 Å². The SMILES string of the molecule is Cc1cccc(-c2nc(Nc3cccc(N)c3)n[nH]2)c1. The third kappa shape index (κ3) is 2.61. The highest BCUT2D eigenvalue weighted by atomic mass is 15.3. The van der Waals surface area contributed by atoms with Crippen LogP contribution in [-0.4, -0.2) is 15.2 Å². The smallest absolute Gasteiger partial charge is 0.246 e. The molecule has 0 atom stereocenters. The maximum atomic E-state index is 5.74. The average Bonchev–Trinajstić information content (AvgIpc) is 2.87. The van der Waals surface area contributed by atoms with Crippen LogP contribution in [0.3, 0.4) is 0 Å². The molecule has 5 heteroatoms. The van der Waals surface area contributed by atoms with Gasteiger partial charge in [0.1, 0.15) is 0 Å². The lowest BCUT2D eigenvalue weighted by molar-refractivity contribution is 1.10. The summed E-state index contributed by atoms with van der Waals surface area (Å²) >= 11 is 0. The van der Waals surface area contributed by atoms with Crippen molar-refractivity contribution in [3.8, 4) is 11.4 Å². The number of rotatable bonds is 3. The third-order valence-electron chi connectivity index (χ3n) is 2.92. The minimum Gasteiger partial charge on any atom is -0.399 e. The van der Waals surface area contributed by atoms with Gasteiger partial charge in [0.05, 0.1) is 0 Å². The van der Waals surface area contributed by atoms with Crippen LogP contribution in [0.1, 0.15) is 5.56 Å². The molecule has 0 saturated carbocycles. The van der Waals surface area contributed by atoms with Crippen molar-refractivity contribution in [3.63, 3.8) is 0 Å². The van der Waals surface area contributed by atoms with Crippen molar-refractivity contribution < 1.29 is 0 Å². The number of anilines is 3. The number of H-pyrrole nitrogens is 1. The topological polar surface area (TPSA) is 79.6 Å². The fraction of sp³-hybridized carbons (Fsp3) is 0.0667. The van der Waals surface area contributed by atoms with E-state index in [0.29, 0.717) is 11.6 Å². The molecule has 3 aromatic rings. The van der Waals surface area contributed by atoms with Crippen LogP contribution in [-0.2, 0) is 0 Å². The summed E-state index contributed by atoms with van der Waals surface area (Å²) in [6, 6.07) is 15.6. The molecule has 5 nitrogen and oxygen atoms in total. The van der Waals surface area contributed by atoms with E-state index in [1.807, 2.05) is 49.4 Å². The zero-order valence-corrected chi connectivity index (χ0v) is 11.1. The van der Waals surface area contributed by atoms with Crippen molar-refractivity contribution in [1.82, 2.24) is 15.2 Å². The summed E-state index contributed by atoms with van der Waals surface area (Å²) in [5, 5.41) is 10.2. The number of nitrogen functional groups attached to an aromatic ring is 1. The van der Waals surface area contributed by atoms with Gasteiger partial charge in [-0.2, -0.15) is 4.98 Å². The van der Waals surface area contributed by atoms with E-state index < -0.39 is 0 Å². The fourth-order valence-corrected chi connectivity index (χ4v) is 1.98. The molecular weight excluding hydrogens is 250 g/mol. The second-order valence-corrected chi connectivity index (χ2v) is 4.63. The van der Waals surface area contributed by atoms with Crippen molar-refractivity contribution in [3.05, 3.63) is 54.1 Å². The van der Waals surface area contributed by atoms with Gasteiger partial charge in [-0.1, -0.05) is 29.8 Å². The number of aryl methyl sites for hydroxylation is 1. The molecule has 0 aliphatic rings. The van der Waals surface area contributed by atoms with Gasteiger partial charge in [0, 0.05) is 16.9 Å². The third-order valence-corrected chi connectivity index (χ3v) is 2.92. The largest absolute Gasteiger partial charge is 0.399 e. The first-order chi connectivity index (χ1) is 9.70. The molecule has 0 saturated heterocycles. The van der Waals surface area contributed by atoms with Gasteiger partial charge in [-0.15, -0.1) is 5.10 Å². The van der Waals surface area contributed by atoms with Crippen molar-refractivity contribution in [2.45, 2.75) is 6.92 Å². The van der Waals surface area contributed by atoms with Crippen LogP contribution in [0.4, 0.5) is 17.3 Å². The number of nitrogens with one attached hydrogen (secondary N) is 2. The molecule has 0 spiro atoms. The minimum atomic E-state index is 0.520. The van der Waals surface area contributed by atoms with Gasteiger partial charge < -0.3 is 11.1 Å². The summed E-state index contributed by atoms with van der Waals surface area (Å²) in [7, 11) is 0. The van der Waals surface area contributed by atoms with Crippen LogP contribution in [0.5, 0.6) is 0 Å². The first kappa shape index (κ1) is 12.2. The van der Waals surface area contributed by atoms with E-state index >= 15 is 0 Å². The van der Waals surface area contributed by atoms with Gasteiger partial charge in [0.15, 0.2) is 5.82 Å². The highest BCUT2D eigenvalue weighted by Gasteiger charge is 2.06. The van der Waals surface area contributed by atoms with Gasteiger partial charge in [0.25, 0.3) is 0 Å². The Hall–Kier alpha value is -2.82. The second-order valence-electron chi connectivity index (χ2n) is 4.63. The van der Waals surface area contributed by atoms with Gasteiger partial charge in [-0.05, 0) is 31.2 Å². The Morgan fingerprint density at radius 2 is 1.95 bits per heavy atom. The summed E-state index contributed by atoms with van der Waals surface area (Å²) in [5.41, 5.74) is 9.49. The predicted molar refractivity (Wildman–Crippen MR) is 80.7 cm³/mol. The Kier molecular flexibility index (Phi) is 3.09. The van der Waals surface area contributed by atoms with Crippen molar-refractivity contribution >= 4 is 17.3 Å². The molecule has 3 rings (SSSR count). The summed E-state index contributed by atoms with van der Waals surface area (Å²) in [6.07, 6.45) is 0. The van der Waals surface area contributed by atoms with Gasteiger partial charge in [0.2, 0.25) is 5.95 Å². The number of aromatic amines is 1. The molecule has 2 aromatic carbocycles. The van der Waals surface area contributed by atoms with E-state index in [4.69, 9.17) is 5.73 Å². The number of nitrogens with zero attached hydrogens (tertiary/aromatic N) is 2. The maximum absolute atomic E-state index is 5.74. The Labute approximate surface area is 116 Å². The second kappa shape index (κ2) is 5.05. The molecule has 100 valence electrons. The van der Waals surface area contributed by atoms with Crippen LogP contribution in [0.25, 0.3) is 11.4 Å². The van der Waals surface area contributed by atoms with E-state index in [9.17, 15) is 0 Å². The molecule has 0 radical (unpaired) electrons. The molecule has 0 fully saturated rings. The van der Waals surface area contributed by atoms with E-state index in [1.54, 1.807) is 0 Å². The molecule has 1 heterocycles. The number of aromatic nitrogens is 3. The summed E-state index contributed by atoms with van der Waals surface area (Å²) < 4.78 is 0. The van der Waals surface area contributed by atoms with Crippen LogP contribution in [0, 0.1) is 6.92 Å². The van der Waals surface area contributed by atoms with Crippen LogP contribution < -0.4 is 11.1 Å². The van der Waals surface area contributed by atoms with Gasteiger partial charge >= 0.3 is 0 Å². The zero-order valence-electron chi connectivity index (χ0n) is 11.1. The molecule has 0 amide bonds. The Bertz CT molecular complexity index is 732.